The van der Waals surface area contributed by atoms with Crippen LogP contribution in [0.15, 0.2) is 36.1 Å². The molecule has 16 heteroatoms. The van der Waals surface area contributed by atoms with Gasteiger partial charge in [-0.25, -0.2) is 16.0 Å². The number of aliphatic hydroxyl groups is 2. The summed E-state index contributed by atoms with van der Waals surface area (Å²) in [5.41, 5.74) is 6.93. The van der Waals surface area contributed by atoms with E-state index in [-0.39, 0.29) is 56.7 Å². The van der Waals surface area contributed by atoms with Crippen LogP contribution in [0.1, 0.15) is 129 Å². The number of methoxy groups -OCH3 is 1. The number of hydrogen-bond donors (Lipinski definition) is 8. The number of hydrazine groups is 2. The number of amides is 1. The molecule has 5 aliphatic rings. The van der Waals surface area contributed by atoms with Crippen LogP contribution in [0.3, 0.4) is 0 Å². The second-order valence-corrected chi connectivity index (χ2v) is 18.8. The number of carbonyl (C=O) groups is 3. The Hall–Kier alpha value is -4.87. The lowest BCUT2D eigenvalue weighted by Gasteiger charge is -2.38. The third-order valence-electron chi connectivity index (χ3n) is 14.0. The molecule has 5 bridgehead atoms. The molecule has 8 N–H and O–H groups in total. The molecule has 3 aliphatic heterocycles. The van der Waals surface area contributed by atoms with E-state index in [1.54, 1.807) is 58.0 Å². The van der Waals surface area contributed by atoms with Gasteiger partial charge in [0.05, 0.1) is 35.5 Å². The van der Waals surface area contributed by atoms with Crippen molar-refractivity contribution in [3.63, 3.8) is 0 Å². The number of Topliss-reactive ketones (excluding diaryl/α,β-unsaturated/α-hetero) is 1. The number of ether oxygens (including phenoxy) is 4. The Labute approximate surface area is 382 Å². The Morgan fingerprint density at radius 1 is 0.831 bits per heavy atom. The van der Waals surface area contributed by atoms with Crippen LogP contribution in [0.2, 0.25) is 0 Å². The highest BCUT2D eigenvalue weighted by molar-refractivity contribution is 6.23. The molecular weight excluding hydrogens is 837 g/mol. The van der Waals surface area contributed by atoms with Crippen LogP contribution in [0.4, 0.5) is 11.4 Å². The van der Waals surface area contributed by atoms with E-state index in [0.29, 0.717) is 0 Å². The Morgan fingerprint density at radius 2 is 1.43 bits per heavy atom. The predicted octanol–water partition coefficient (Wildman–Crippen LogP) is 7.24. The first-order valence-electron chi connectivity index (χ1n) is 23.2. The van der Waals surface area contributed by atoms with Crippen molar-refractivity contribution in [2.45, 2.75) is 162 Å². The lowest BCUT2D eigenvalue weighted by Crippen LogP contribution is -2.57. The number of aromatic hydroxyl groups is 3. The van der Waals surface area contributed by atoms with Crippen molar-refractivity contribution in [3.05, 3.63) is 47.3 Å². The molecule has 0 spiro atoms. The van der Waals surface area contributed by atoms with Crippen molar-refractivity contribution < 1.29 is 58.9 Å². The second-order valence-electron chi connectivity index (χ2n) is 18.8. The number of rotatable bonds is 7. The van der Waals surface area contributed by atoms with Gasteiger partial charge in [-0.15, -0.1) is 0 Å². The van der Waals surface area contributed by atoms with Gasteiger partial charge in [0.2, 0.25) is 0 Å². The van der Waals surface area contributed by atoms with Crippen molar-refractivity contribution >= 4 is 39.8 Å². The van der Waals surface area contributed by atoms with Crippen LogP contribution < -0.4 is 26.0 Å². The van der Waals surface area contributed by atoms with Crippen molar-refractivity contribution in [2.24, 2.45) is 23.7 Å². The fourth-order valence-electron chi connectivity index (χ4n) is 9.92. The predicted molar refractivity (Wildman–Crippen MR) is 246 cm³/mol. The smallest absolute Gasteiger partial charge is 0.312 e. The molecule has 7 rings (SSSR count). The maximum absolute atomic E-state index is 14.8. The van der Waals surface area contributed by atoms with Crippen LogP contribution in [0.25, 0.3) is 10.8 Å². The minimum absolute atomic E-state index is 0.0364. The Bertz CT molecular complexity index is 2160. The van der Waals surface area contributed by atoms with Gasteiger partial charge in [0.1, 0.15) is 29.0 Å². The third kappa shape index (κ3) is 10.3. The SMILES string of the molecule is CO[C@H]1/C=C/O[C@@]2(C)Oc3c(C)c(O)c4c(O)c(c(N(NC5CCCCC5)NC5CCCCC5)c(O)c4c3C2=O)NC(=O)/C(C)=C\C=C\[C@@H](C)[C@H](O)[C@@H](C)[C@H](O)[C@@H](C)[C@H](OC(C)=O)[C@@H]1C. The second kappa shape index (κ2) is 20.7. The van der Waals surface area contributed by atoms with E-state index in [1.165, 1.54) is 40.2 Å². The first-order chi connectivity index (χ1) is 30.8. The monoisotopic (exact) mass is 906 g/mol. The van der Waals surface area contributed by atoms with Crippen LogP contribution in [0, 0.1) is 30.6 Å². The van der Waals surface area contributed by atoms with E-state index < -0.39 is 88.8 Å². The summed E-state index contributed by atoms with van der Waals surface area (Å²) in [7, 11) is 1.45. The zero-order valence-corrected chi connectivity index (χ0v) is 39.3. The first-order valence-corrected chi connectivity index (χ1v) is 23.2. The maximum Gasteiger partial charge on any atom is 0.312 e. The molecule has 3 heterocycles. The van der Waals surface area contributed by atoms with Crippen molar-refractivity contribution in [1.82, 2.24) is 10.9 Å². The summed E-state index contributed by atoms with van der Waals surface area (Å²) in [6.07, 6.45) is 13.2. The lowest BCUT2D eigenvalue weighted by atomic mass is 9.78. The lowest BCUT2D eigenvalue weighted by molar-refractivity contribution is -0.160. The number of esters is 1. The Morgan fingerprint density at radius 3 is 2.00 bits per heavy atom. The topological polar surface area (TPSA) is 229 Å². The van der Waals surface area contributed by atoms with E-state index in [1.807, 2.05) is 0 Å². The van der Waals surface area contributed by atoms with Gasteiger partial charge in [-0.2, -0.15) is 0 Å². The summed E-state index contributed by atoms with van der Waals surface area (Å²) in [5, 5.41) is 64.0. The largest absolute Gasteiger partial charge is 0.507 e. The molecule has 2 aromatic carbocycles. The van der Waals surface area contributed by atoms with Gasteiger partial charge in [-0.1, -0.05) is 84.4 Å². The number of fused-ring (bicyclic) bond motifs is 14. The molecule has 16 nitrogen and oxygen atoms in total. The van der Waals surface area contributed by atoms with E-state index >= 15 is 0 Å². The van der Waals surface area contributed by atoms with Crippen LogP contribution >= 0.6 is 0 Å². The summed E-state index contributed by atoms with van der Waals surface area (Å²) < 4.78 is 24.0. The molecular formula is C49H70N4O12. The number of phenolic OH excluding ortho intramolecular Hbond substituents is 3. The van der Waals surface area contributed by atoms with Crippen LogP contribution in [0.5, 0.6) is 23.0 Å². The molecule has 2 saturated carbocycles. The molecule has 0 aromatic heterocycles. The van der Waals surface area contributed by atoms with Gasteiger partial charge in [-0.05, 0) is 45.6 Å². The zero-order valence-electron chi connectivity index (χ0n) is 39.3. The number of hydrogen-bond acceptors (Lipinski definition) is 15. The molecule has 2 aliphatic carbocycles. The van der Waals surface area contributed by atoms with Crippen LogP contribution in [-0.4, -0.2) is 92.6 Å². The normalized spacial score (nSPS) is 31.7. The molecule has 2 fully saturated rings. The van der Waals surface area contributed by atoms with Crippen molar-refractivity contribution in [3.8, 4) is 23.0 Å². The first kappa shape index (κ1) is 49.6. The summed E-state index contributed by atoms with van der Waals surface area (Å²) in [4.78, 5) is 41.4. The van der Waals surface area contributed by atoms with Gasteiger partial charge in [-0.3, -0.25) is 14.4 Å². The summed E-state index contributed by atoms with van der Waals surface area (Å²) in [6, 6.07) is -0.0729. The molecule has 358 valence electrons. The van der Waals surface area contributed by atoms with Crippen molar-refractivity contribution in [1.29, 1.82) is 0 Å². The summed E-state index contributed by atoms with van der Waals surface area (Å²) >= 11 is 0. The number of ketones is 1. The molecule has 0 unspecified atom stereocenters. The molecule has 0 radical (unpaired) electrons. The van der Waals surface area contributed by atoms with Gasteiger partial charge in [0.15, 0.2) is 11.5 Å². The highest BCUT2D eigenvalue weighted by atomic mass is 16.7. The summed E-state index contributed by atoms with van der Waals surface area (Å²) in [6.45, 7) is 12.7. The minimum atomic E-state index is -2.05. The molecule has 2 aromatic rings. The van der Waals surface area contributed by atoms with E-state index in [0.717, 1.165) is 64.2 Å². The number of nitrogens with one attached hydrogen (secondary N) is 3. The third-order valence-corrected chi connectivity index (χ3v) is 14.0. The summed E-state index contributed by atoms with van der Waals surface area (Å²) in [5.74, 6) is -8.15. The number of phenols is 3. The fourth-order valence-corrected chi connectivity index (χ4v) is 9.92. The number of allylic oxidation sites excluding steroid dienone is 2. The van der Waals surface area contributed by atoms with Gasteiger partial charge in [0.25, 0.3) is 11.7 Å². The average molecular weight is 907 g/mol. The van der Waals surface area contributed by atoms with Gasteiger partial charge in [0, 0.05) is 73.2 Å². The molecule has 9 atom stereocenters. The highest BCUT2D eigenvalue weighted by Gasteiger charge is 2.50. The zero-order chi connectivity index (χ0) is 47.5. The van der Waals surface area contributed by atoms with Gasteiger partial charge < -0.3 is 49.8 Å². The Kier molecular flexibility index (Phi) is 15.8. The van der Waals surface area contributed by atoms with E-state index in [9.17, 15) is 39.9 Å². The van der Waals surface area contributed by atoms with E-state index in [2.05, 4.69) is 16.2 Å². The molecule has 65 heavy (non-hydrogen) atoms. The average Bonchev–Trinajstić information content (AvgIpc) is 3.55. The Balaban J connectivity index is 1.56. The number of benzene rings is 2. The number of aliphatic hydroxyl groups excluding tert-OH is 2. The molecule has 1 amide bonds. The quantitative estimate of drug-likeness (QED) is 0.0593. The number of nitrogens with zero attached hydrogens (tertiary/aromatic N) is 1. The van der Waals surface area contributed by atoms with Gasteiger partial charge >= 0.3 is 11.8 Å². The highest BCUT2D eigenvalue weighted by Crippen LogP contribution is 2.57. The maximum atomic E-state index is 14.8. The van der Waals surface area contributed by atoms with Crippen LogP contribution in [-0.2, 0) is 23.8 Å². The van der Waals surface area contributed by atoms with E-state index in [4.69, 9.17) is 18.9 Å². The number of carbonyl (C=O) groups excluding carboxylic acids is 3. The number of anilines is 2. The molecule has 0 saturated heterocycles. The fraction of sp³-hybridized carbons (Fsp3) is 0.612. The van der Waals surface area contributed by atoms with Crippen molar-refractivity contribution in [2.75, 3.05) is 17.5 Å². The standard InChI is InChI=1S/C49H70N4O12/c1-25-17-16-18-26(2)48(61)50-38-39(53(51-32-19-12-10-13-20-32)52-33-21-14-11-15-22-33)44(59)35-36(43(38)58)42(57)30(6)46-37(35)47(60)49(8,65-46)63-24-23-34(62-9)27(3)45(64-31(7)54)29(5)41(56)28(4)40(25)55/h16-18,23-25,27-29,32-34,40-41,45,51-52,55-59H,10-15,19-22H2,1-9H3,(H,50,61)/b17-16+,24-23+,26-18-/t25-,27-,28-,29-,34+,40+,41+,45-,49+/m1/s1. The minimum Gasteiger partial charge on any atom is -0.507 e.